The number of aromatic nitrogens is 3. The molecule has 1 aliphatic rings. The minimum absolute atomic E-state index is 0.388. The van der Waals surface area contributed by atoms with Gasteiger partial charge in [0.1, 0.15) is 11.0 Å². The van der Waals surface area contributed by atoms with E-state index in [4.69, 9.17) is 16.3 Å². The molecule has 0 spiro atoms. The zero-order chi connectivity index (χ0) is 16.1. The van der Waals surface area contributed by atoms with Crippen LogP contribution in [0.15, 0.2) is 24.4 Å². The van der Waals surface area contributed by atoms with Gasteiger partial charge in [-0.2, -0.15) is 9.37 Å². The zero-order valence-electron chi connectivity index (χ0n) is 12.5. The topological polar surface area (TPSA) is 63.2 Å². The molecule has 2 aromatic rings. The summed E-state index contributed by atoms with van der Waals surface area (Å²) in [6.45, 7) is 3.49. The second-order valence-corrected chi connectivity index (χ2v) is 5.52. The van der Waals surface area contributed by atoms with Crippen LogP contribution in [0.3, 0.4) is 0 Å². The summed E-state index contributed by atoms with van der Waals surface area (Å²) in [5.74, 6) is 0.774. The van der Waals surface area contributed by atoms with Crippen LogP contribution in [-0.4, -0.2) is 47.8 Å². The van der Waals surface area contributed by atoms with E-state index in [-0.39, 0.29) is 0 Å². The maximum atomic E-state index is 13.0. The number of rotatable bonds is 5. The van der Waals surface area contributed by atoms with E-state index in [1.165, 1.54) is 12.3 Å². The standard InChI is InChI=1S/C15H17ClFN5O/c16-12-10-14(22-5-7-23-8-6-22)21-15(20-12)19-4-2-11-1-3-18-13(17)9-11/h1,3,9-10H,2,4-8H2,(H,19,20,21). The van der Waals surface area contributed by atoms with Crippen LogP contribution in [0.1, 0.15) is 5.56 Å². The highest BCUT2D eigenvalue weighted by molar-refractivity contribution is 6.29. The number of ether oxygens (including phenoxy) is 1. The fraction of sp³-hybridized carbons (Fsp3) is 0.400. The molecule has 0 amide bonds. The average Bonchev–Trinajstić information content (AvgIpc) is 2.55. The Morgan fingerprint density at radius 3 is 2.87 bits per heavy atom. The predicted octanol–water partition coefficient (Wildman–Crippen LogP) is 2.16. The van der Waals surface area contributed by atoms with Crippen LogP contribution >= 0.6 is 11.6 Å². The molecular formula is C15H17ClFN5O. The Labute approximate surface area is 138 Å². The molecule has 0 atom stereocenters. The molecule has 1 aliphatic heterocycles. The van der Waals surface area contributed by atoms with Crippen molar-refractivity contribution in [2.45, 2.75) is 6.42 Å². The van der Waals surface area contributed by atoms with E-state index in [1.807, 2.05) is 0 Å². The van der Waals surface area contributed by atoms with E-state index in [2.05, 4.69) is 25.2 Å². The lowest BCUT2D eigenvalue weighted by Gasteiger charge is -2.28. The van der Waals surface area contributed by atoms with Gasteiger partial charge < -0.3 is 15.0 Å². The SMILES string of the molecule is Fc1cc(CCNc2nc(Cl)cc(N3CCOCC3)n2)ccn1. The Bertz CT molecular complexity index is 666. The van der Waals surface area contributed by atoms with Gasteiger partial charge in [0.05, 0.1) is 13.2 Å². The Morgan fingerprint density at radius 2 is 2.09 bits per heavy atom. The number of halogens is 2. The van der Waals surface area contributed by atoms with Crippen molar-refractivity contribution in [3.05, 3.63) is 41.1 Å². The van der Waals surface area contributed by atoms with Gasteiger partial charge in [-0.3, -0.25) is 0 Å². The summed E-state index contributed by atoms with van der Waals surface area (Å²) in [6, 6.07) is 4.94. The summed E-state index contributed by atoms with van der Waals surface area (Å²) in [5.41, 5.74) is 0.862. The summed E-state index contributed by atoms with van der Waals surface area (Å²) in [7, 11) is 0. The smallest absolute Gasteiger partial charge is 0.226 e. The molecule has 1 N–H and O–H groups in total. The Kier molecular flexibility index (Phi) is 5.19. The van der Waals surface area contributed by atoms with Crippen molar-refractivity contribution in [1.82, 2.24) is 15.0 Å². The lowest BCUT2D eigenvalue weighted by atomic mass is 10.2. The van der Waals surface area contributed by atoms with Crippen molar-refractivity contribution >= 4 is 23.4 Å². The van der Waals surface area contributed by atoms with Gasteiger partial charge in [0.15, 0.2) is 0 Å². The van der Waals surface area contributed by atoms with Crippen molar-refractivity contribution in [1.29, 1.82) is 0 Å². The minimum Gasteiger partial charge on any atom is -0.378 e. The van der Waals surface area contributed by atoms with Gasteiger partial charge >= 0.3 is 0 Å². The number of hydrogen-bond donors (Lipinski definition) is 1. The third-order valence-electron chi connectivity index (χ3n) is 3.50. The number of nitrogens with zero attached hydrogens (tertiary/aromatic N) is 4. The van der Waals surface area contributed by atoms with Crippen molar-refractivity contribution in [3.8, 4) is 0 Å². The maximum absolute atomic E-state index is 13.0. The Hall–Kier alpha value is -1.99. The lowest BCUT2D eigenvalue weighted by molar-refractivity contribution is 0.122. The largest absolute Gasteiger partial charge is 0.378 e. The zero-order valence-corrected chi connectivity index (χ0v) is 13.3. The van der Waals surface area contributed by atoms with Crippen LogP contribution in [0.5, 0.6) is 0 Å². The summed E-state index contributed by atoms with van der Waals surface area (Å²) in [4.78, 5) is 14.3. The van der Waals surface area contributed by atoms with Crippen LogP contribution in [0.4, 0.5) is 16.2 Å². The molecule has 6 nitrogen and oxygen atoms in total. The summed E-state index contributed by atoms with van der Waals surface area (Å²) >= 11 is 6.08. The fourth-order valence-corrected chi connectivity index (χ4v) is 2.53. The molecule has 23 heavy (non-hydrogen) atoms. The molecule has 0 aromatic carbocycles. The fourth-order valence-electron chi connectivity index (χ4n) is 2.36. The maximum Gasteiger partial charge on any atom is 0.226 e. The first-order valence-corrected chi connectivity index (χ1v) is 7.80. The number of morpholine rings is 1. The lowest BCUT2D eigenvalue weighted by Crippen LogP contribution is -2.36. The molecule has 0 saturated carbocycles. The molecule has 2 aromatic heterocycles. The second-order valence-electron chi connectivity index (χ2n) is 5.14. The predicted molar refractivity (Wildman–Crippen MR) is 86.5 cm³/mol. The molecule has 0 unspecified atom stereocenters. The van der Waals surface area contributed by atoms with Gasteiger partial charge in [-0.15, -0.1) is 0 Å². The highest BCUT2D eigenvalue weighted by atomic mass is 35.5. The van der Waals surface area contributed by atoms with E-state index >= 15 is 0 Å². The van der Waals surface area contributed by atoms with Crippen LogP contribution < -0.4 is 10.2 Å². The first-order chi connectivity index (χ1) is 11.2. The van der Waals surface area contributed by atoms with Crippen molar-refractivity contribution in [2.24, 2.45) is 0 Å². The van der Waals surface area contributed by atoms with Gasteiger partial charge in [-0.1, -0.05) is 11.6 Å². The van der Waals surface area contributed by atoms with Crippen LogP contribution in [0, 0.1) is 5.95 Å². The molecule has 8 heteroatoms. The highest BCUT2D eigenvalue weighted by Crippen LogP contribution is 2.19. The third kappa shape index (κ3) is 4.49. The number of nitrogens with one attached hydrogen (secondary N) is 1. The van der Waals surface area contributed by atoms with Crippen molar-refractivity contribution < 1.29 is 9.13 Å². The van der Waals surface area contributed by atoms with Gasteiger partial charge in [0.25, 0.3) is 0 Å². The monoisotopic (exact) mass is 337 g/mol. The highest BCUT2D eigenvalue weighted by Gasteiger charge is 2.14. The first kappa shape index (κ1) is 15.9. The Morgan fingerprint density at radius 1 is 1.26 bits per heavy atom. The Balaban J connectivity index is 1.62. The van der Waals surface area contributed by atoms with E-state index in [1.54, 1.807) is 12.1 Å². The minimum atomic E-state index is -0.476. The molecule has 0 aliphatic carbocycles. The third-order valence-corrected chi connectivity index (χ3v) is 3.70. The molecule has 0 radical (unpaired) electrons. The normalized spacial score (nSPS) is 14.8. The average molecular weight is 338 g/mol. The molecule has 122 valence electrons. The molecule has 1 fully saturated rings. The molecule has 3 rings (SSSR count). The van der Waals surface area contributed by atoms with Crippen LogP contribution in [-0.2, 0) is 11.2 Å². The summed E-state index contributed by atoms with van der Waals surface area (Å²) in [6.07, 6.45) is 2.10. The van der Waals surface area contributed by atoms with Gasteiger partial charge in [0, 0.05) is 31.9 Å². The first-order valence-electron chi connectivity index (χ1n) is 7.42. The van der Waals surface area contributed by atoms with E-state index in [0.29, 0.717) is 37.3 Å². The van der Waals surface area contributed by atoms with Gasteiger partial charge in [-0.25, -0.2) is 9.97 Å². The van der Waals surface area contributed by atoms with Crippen LogP contribution in [0.25, 0.3) is 0 Å². The molecule has 3 heterocycles. The second kappa shape index (κ2) is 7.52. The number of pyridine rings is 1. The van der Waals surface area contributed by atoms with E-state index < -0.39 is 5.95 Å². The van der Waals surface area contributed by atoms with Crippen molar-refractivity contribution in [3.63, 3.8) is 0 Å². The summed E-state index contributed by atoms with van der Waals surface area (Å²) in [5, 5.41) is 3.51. The van der Waals surface area contributed by atoms with E-state index in [0.717, 1.165) is 24.5 Å². The number of anilines is 2. The number of hydrogen-bond acceptors (Lipinski definition) is 6. The molecular weight excluding hydrogens is 321 g/mol. The van der Waals surface area contributed by atoms with Gasteiger partial charge in [0.2, 0.25) is 11.9 Å². The quantitative estimate of drug-likeness (QED) is 0.666. The molecule has 1 saturated heterocycles. The van der Waals surface area contributed by atoms with E-state index in [9.17, 15) is 4.39 Å². The van der Waals surface area contributed by atoms with Crippen LogP contribution in [0.2, 0.25) is 5.15 Å². The van der Waals surface area contributed by atoms with Gasteiger partial charge in [-0.05, 0) is 24.1 Å². The molecule has 0 bridgehead atoms. The van der Waals surface area contributed by atoms with Crippen molar-refractivity contribution in [2.75, 3.05) is 43.1 Å². The summed E-state index contributed by atoms with van der Waals surface area (Å²) < 4.78 is 18.4.